The Hall–Kier alpha value is -1.49. The summed E-state index contributed by atoms with van der Waals surface area (Å²) in [4.78, 5) is 10.5. The van der Waals surface area contributed by atoms with E-state index in [0.717, 1.165) is 18.7 Å². The summed E-state index contributed by atoms with van der Waals surface area (Å²) in [6, 6.07) is 3.57. The zero-order valence-electron chi connectivity index (χ0n) is 8.88. The van der Waals surface area contributed by atoms with Crippen LogP contribution in [0.25, 0.3) is 0 Å². The summed E-state index contributed by atoms with van der Waals surface area (Å²) in [6.07, 6.45) is 0.899. The minimum Gasteiger partial charge on any atom is -0.445 e. The van der Waals surface area contributed by atoms with Gasteiger partial charge in [-0.25, -0.2) is 0 Å². The smallest absolute Gasteiger partial charge is 0.216 e. The molecule has 0 aliphatic rings. The molecule has 5 nitrogen and oxygen atoms in total. The Morgan fingerprint density at radius 3 is 2.87 bits per heavy atom. The Labute approximate surface area is 89.0 Å². The zero-order valence-corrected chi connectivity index (χ0v) is 8.88. The molecule has 1 amide bonds. The molecule has 0 saturated heterocycles. The van der Waals surface area contributed by atoms with E-state index in [4.69, 9.17) is 10.2 Å². The summed E-state index contributed by atoms with van der Waals surface area (Å²) in [6.45, 7) is 3.71. The van der Waals surface area contributed by atoms with Crippen LogP contribution in [0.2, 0.25) is 0 Å². The van der Waals surface area contributed by atoms with E-state index >= 15 is 0 Å². The first-order chi connectivity index (χ1) is 7.18. The van der Waals surface area contributed by atoms with Gasteiger partial charge in [-0.1, -0.05) is 0 Å². The molecular formula is C10H17N3O2. The van der Waals surface area contributed by atoms with E-state index in [2.05, 4.69) is 10.6 Å². The number of anilines is 1. The number of hydrogen-bond donors (Lipinski definition) is 3. The van der Waals surface area contributed by atoms with Crippen molar-refractivity contribution in [2.45, 2.75) is 19.9 Å². The Bertz CT molecular complexity index is 309. The van der Waals surface area contributed by atoms with E-state index in [-0.39, 0.29) is 5.91 Å². The van der Waals surface area contributed by atoms with Crippen LogP contribution in [-0.2, 0) is 11.3 Å². The van der Waals surface area contributed by atoms with Crippen LogP contribution in [0.3, 0.4) is 0 Å². The molecule has 5 heteroatoms. The zero-order chi connectivity index (χ0) is 11.1. The van der Waals surface area contributed by atoms with Gasteiger partial charge in [0, 0.05) is 19.5 Å². The second-order valence-corrected chi connectivity index (χ2v) is 3.32. The standard InChI is InChI=1S/C10H17N3O2/c1-8(14)13-6-2-5-12-7-9-3-4-10(11)15-9/h3-4,12H,2,5-7,11H2,1H3,(H,13,14). The monoisotopic (exact) mass is 211 g/mol. The normalized spacial score (nSPS) is 10.2. The molecule has 0 fully saturated rings. The maximum Gasteiger partial charge on any atom is 0.216 e. The number of carbonyl (C=O) groups excluding carboxylic acids is 1. The first-order valence-electron chi connectivity index (χ1n) is 4.98. The molecular weight excluding hydrogens is 194 g/mol. The highest BCUT2D eigenvalue weighted by atomic mass is 16.4. The first kappa shape index (κ1) is 11.6. The van der Waals surface area contributed by atoms with Gasteiger partial charge in [0.25, 0.3) is 0 Å². The summed E-state index contributed by atoms with van der Waals surface area (Å²) in [5.41, 5.74) is 5.42. The van der Waals surface area contributed by atoms with Crippen molar-refractivity contribution in [2.75, 3.05) is 18.8 Å². The van der Waals surface area contributed by atoms with Gasteiger partial charge in [-0.3, -0.25) is 4.79 Å². The Morgan fingerprint density at radius 1 is 1.47 bits per heavy atom. The van der Waals surface area contributed by atoms with Gasteiger partial charge in [0.15, 0.2) is 5.88 Å². The van der Waals surface area contributed by atoms with Crippen molar-refractivity contribution in [3.63, 3.8) is 0 Å². The third kappa shape index (κ3) is 5.07. The number of nitrogen functional groups attached to an aromatic ring is 1. The molecule has 1 aromatic heterocycles. The molecule has 0 spiro atoms. The van der Waals surface area contributed by atoms with Gasteiger partial charge in [-0.05, 0) is 19.0 Å². The number of nitrogens with one attached hydrogen (secondary N) is 2. The van der Waals surface area contributed by atoms with Crippen LogP contribution in [0, 0.1) is 0 Å². The molecule has 1 heterocycles. The second kappa shape index (κ2) is 6.08. The molecule has 4 N–H and O–H groups in total. The lowest BCUT2D eigenvalue weighted by atomic mass is 10.4. The predicted octanol–water partition coefficient (Wildman–Crippen LogP) is 0.478. The van der Waals surface area contributed by atoms with Gasteiger partial charge < -0.3 is 20.8 Å². The van der Waals surface area contributed by atoms with Crippen LogP contribution < -0.4 is 16.4 Å². The molecule has 84 valence electrons. The number of hydrogen-bond acceptors (Lipinski definition) is 4. The lowest BCUT2D eigenvalue weighted by Crippen LogP contribution is -2.24. The Kier molecular flexibility index (Phi) is 4.70. The fourth-order valence-corrected chi connectivity index (χ4v) is 1.18. The molecule has 1 rings (SSSR count). The highest BCUT2D eigenvalue weighted by Crippen LogP contribution is 2.07. The number of amides is 1. The molecule has 0 bridgehead atoms. The average Bonchev–Trinajstić information content (AvgIpc) is 2.57. The van der Waals surface area contributed by atoms with E-state index in [0.29, 0.717) is 19.0 Å². The minimum atomic E-state index is 0.00816. The van der Waals surface area contributed by atoms with Crippen molar-refractivity contribution < 1.29 is 9.21 Å². The van der Waals surface area contributed by atoms with Crippen LogP contribution in [0.4, 0.5) is 5.88 Å². The van der Waals surface area contributed by atoms with Gasteiger partial charge >= 0.3 is 0 Å². The minimum absolute atomic E-state index is 0.00816. The Balaban J connectivity index is 2.00. The van der Waals surface area contributed by atoms with E-state index in [1.807, 2.05) is 6.07 Å². The van der Waals surface area contributed by atoms with Gasteiger partial charge in [0.1, 0.15) is 5.76 Å². The van der Waals surface area contributed by atoms with Crippen molar-refractivity contribution in [3.05, 3.63) is 17.9 Å². The third-order valence-electron chi connectivity index (χ3n) is 1.89. The molecule has 0 aliphatic carbocycles. The molecule has 15 heavy (non-hydrogen) atoms. The fourth-order valence-electron chi connectivity index (χ4n) is 1.18. The van der Waals surface area contributed by atoms with E-state index in [9.17, 15) is 4.79 Å². The van der Waals surface area contributed by atoms with Crippen LogP contribution in [0.15, 0.2) is 16.5 Å². The molecule has 0 atom stereocenters. The number of carbonyl (C=O) groups is 1. The van der Waals surface area contributed by atoms with Crippen LogP contribution in [-0.4, -0.2) is 19.0 Å². The lowest BCUT2D eigenvalue weighted by Gasteiger charge is -2.03. The average molecular weight is 211 g/mol. The summed E-state index contributed by atoms with van der Waals surface area (Å²) in [5, 5.41) is 5.91. The van der Waals surface area contributed by atoms with Crippen molar-refractivity contribution in [1.82, 2.24) is 10.6 Å². The largest absolute Gasteiger partial charge is 0.445 e. The topological polar surface area (TPSA) is 80.3 Å². The van der Waals surface area contributed by atoms with Crippen molar-refractivity contribution >= 4 is 11.8 Å². The quantitative estimate of drug-likeness (QED) is 0.598. The molecule has 0 unspecified atom stereocenters. The summed E-state index contributed by atoms with van der Waals surface area (Å²) in [5.74, 6) is 1.27. The molecule has 0 aliphatic heterocycles. The molecule has 0 saturated carbocycles. The second-order valence-electron chi connectivity index (χ2n) is 3.32. The number of rotatable bonds is 6. The van der Waals surface area contributed by atoms with Gasteiger partial charge in [0.05, 0.1) is 6.54 Å². The fraction of sp³-hybridized carbons (Fsp3) is 0.500. The number of furan rings is 1. The first-order valence-corrected chi connectivity index (χ1v) is 4.98. The number of nitrogens with two attached hydrogens (primary N) is 1. The van der Waals surface area contributed by atoms with Crippen LogP contribution in [0.1, 0.15) is 19.1 Å². The summed E-state index contributed by atoms with van der Waals surface area (Å²) < 4.78 is 5.17. The van der Waals surface area contributed by atoms with Crippen molar-refractivity contribution in [2.24, 2.45) is 0 Å². The molecule has 0 radical (unpaired) electrons. The highest BCUT2D eigenvalue weighted by molar-refractivity contribution is 5.72. The third-order valence-corrected chi connectivity index (χ3v) is 1.89. The van der Waals surface area contributed by atoms with E-state index in [1.165, 1.54) is 6.92 Å². The van der Waals surface area contributed by atoms with Gasteiger partial charge in [-0.15, -0.1) is 0 Å². The van der Waals surface area contributed by atoms with Gasteiger partial charge in [0.2, 0.25) is 5.91 Å². The SMILES string of the molecule is CC(=O)NCCCNCc1ccc(N)o1. The van der Waals surface area contributed by atoms with Crippen molar-refractivity contribution in [3.8, 4) is 0 Å². The van der Waals surface area contributed by atoms with E-state index < -0.39 is 0 Å². The van der Waals surface area contributed by atoms with E-state index in [1.54, 1.807) is 6.07 Å². The van der Waals surface area contributed by atoms with Crippen molar-refractivity contribution in [1.29, 1.82) is 0 Å². The van der Waals surface area contributed by atoms with Crippen LogP contribution in [0.5, 0.6) is 0 Å². The van der Waals surface area contributed by atoms with Gasteiger partial charge in [-0.2, -0.15) is 0 Å². The van der Waals surface area contributed by atoms with Crippen LogP contribution >= 0.6 is 0 Å². The predicted molar refractivity (Wildman–Crippen MR) is 58.1 cm³/mol. The molecule has 0 aromatic carbocycles. The maximum atomic E-state index is 10.5. The summed E-state index contributed by atoms with van der Waals surface area (Å²) in [7, 11) is 0. The summed E-state index contributed by atoms with van der Waals surface area (Å²) >= 11 is 0. The lowest BCUT2D eigenvalue weighted by molar-refractivity contribution is -0.118. The maximum absolute atomic E-state index is 10.5. The highest BCUT2D eigenvalue weighted by Gasteiger charge is 1.97. The molecule has 1 aromatic rings. The Morgan fingerprint density at radius 2 is 2.27 bits per heavy atom.